The molecule has 45 heavy (non-hydrogen) atoms. The molecule has 0 N–H and O–H groups in total. The molecule has 3 aromatic rings. The highest BCUT2D eigenvalue weighted by molar-refractivity contribution is 6.36. The molecule has 0 atom stereocenters. The van der Waals surface area contributed by atoms with E-state index in [4.69, 9.17) is 26.3 Å². The molecule has 0 bridgehead atoms. The number of rotatable bonds is 10. The van der Waals surface area contributed by atoms with E-state index in [2.05, 4.69) is 54.7 Å². The van der Waals surface area contributed by atoms with E-state index in [1.54, 1.807) is 6.20 Å². The summed E-state index contributed by atoms with van der Waals surface area (Å²) >= 11 is 6.69. The standard InChI is InChI=1S/C34H37ClFN7O2/c1-23(36)32(44)43-19-18-42(20-25(43)10-15-37)31-26-11-16-41(29-9-5-7-24-6-4-8-27(35)30(24)29)21-28(26)38-33(39-31)45-22-34(12-13-34)14-17-40(2)3/h4-9,20H,1,10-14,16-19,21-22H2,2-3H3. The summed E-state index contributed by atoms with van der Waals surface area (Å²) in [6.07, 6.45) is 5.60. The fraction of sp³-hybridized carbons (Fsp3) is 0.412. The Kier molecular flexibility index (Phi) is 8.67. The van der Waals surface area contributed by atoms with Gasteiger partial charge in [-0.1, -0.05) is 42.4 Å². The maximum atomic E-state index is 13.8. The average molecular weight is 630 g/mol. The Morgan fingerprint density at radius 3 is 2.67 bits per heavy atom. The molecular formula is C34H37ClFN7O2. The summed E-state index contributed by atoms with van der Waals surface area (Å²) in [5.41, 5.74) is 3.42. The van der Waals surface area contributed by atoms with Gasteiger partial charge in [-0.2, -0.15) is 15.2 Å². The molecular weight excluding hydrogens is 593 g/mol. The minimum absolute atomic E-state index is 0.0594. The van der Waals surface area contributed by atoms with Crippen molar-refractivity contribution in [2.75, 3.05) is 56.7 Å². The number of hydrogen-bond acceptors (Lipinski definition) is 8. The quantitative estimate of drug-likeness (QED) is 0.258. The van der Waals surface area contributed by atoms with Crippen LogP contribution in [0.5, 0.6) is 6.01 Å². The number of amides is 1. The van der Waals surface area contributed by atoms with Crippen molar-refractivity contribution >= 4 is 39.8 Å². The predicted octanol–water partition coefficient (Wildman–Crippen LogP) is 5.84. The van der Waals surface area contributed by atoms with E-state index in [9.17, 15) is 14.4 Å². The number of hydrogen-bond donors (Lipinski definition) is 0. The van der Waals surface area contributed by atoms with Crippen molar-refractivity contribution < 1.29 is 13.9 Å². The Morgan fingerprint density at radius 2 is 1.96 bits per heavy atom. The first-order valence-electron chi connectivity index (χ1n) is 15.3. The van der Waals surface area contributed by atoms with Crippen molar-refractivity contribution in [3.05, 3.63) is 77.0 Å². The van der Waals surface area contributed by atoms with E-state index in [0.29, 0.717) is 48.7 Å². The van der Waals surface area contributed by atoms with Gasteiger partial charge < -0.3 is 24.3 Å². The van der Waals surface area contributed by atoms with Crippen LogP contribution in [0.25, 0.3) is 10.8 Å². The van der Waals surface area contributed by atoms with E-state index in [-0.39, 0.29) is 18.4 Å². The number of anilines is 2. The number of halogens is 2. The number of carbonyl (C=O) groups is 1. The second kappa shape index (κ2) is 12.7. The fourth-order valence-electron chi connectivity index (χ4n) is 6.19. The molecule has 3 heterocycles. The monoisotopic (exact) mass is 629 g/mol. The number of fused-ring (bicyclic) bond motifs is 2. The molecule has 2 aliphatic heterocycles. The van der Waals surface area contributed by atoms with Crippen LogP contribution >= 0.6 is 11.6 Å². The van der Waals surface area contributed by atoms with Crippen LogP contribution in [-0.4, -0.2) is 72.6 Å². The second-order valence-corrected chi connectivity index (χ2v) is 12.8. The van der Waals surface area contributed by atoms with Crippen molar-refractivity contribution in [1.29, 1.82) is 5.26 Å². The van der Waals surface area contributed by atoms with Crippen molar-refractivity contribution in [2.45, 2.75) is 38.6 Å². The van der Waals surface area contributed by atoms with Gasteiger partial charge >= 0.3 is 6.01 Å². The van der Waals surface area contributed by atoms with Gasteiger partial charge in [0.25, 0.3) is 5.91 Å². The summed E-state index contributed by atoms with van der Waals surface area (Å²) < 4.78 is 20.2. The van der Waals surface area contributed by atoms with Crippen molar-refractivity contribution in [1.82, 2.24) is 19.8 Å². The molecule has 0 unspecified atom stereocenters. The number of allylic oxidation sites excluding steroid dienone is 1. The minimum Gasteiger partial charge on any atom is -0.463 e. The van der Waals surface area contributed by atoms with Crippen molar-refractivity contribution in [3.8, 4) is 12.1 Å². The SMILES string of the molecule is C=C(F)C(=O)N1CCN(c2nc(OCC3(CCN(C)C)CC3)nc3c2CCN(c2cccc4cccc(Cl)c24)C3)C=C1CC#N. The van der Waals surface area contributed by atoms with E-state index < -0.39 is 11.7 Å². The van der Waals surface area contributed by atoms with Gasteiger partial charge in [0.05, 0.1) is 42.1 Å². The molecule has 2 aromatic carbocycles. The number of benzene rings is 2. The van der Waals surface area contributed by atoms with Crippen LogP contribution in [-0.2, 0) is 17.8 Å². The Hall–Kier alpha value is -4.20. The molecule has 1 fully saturated rings. The van der Waals surface area contributed by atoms with Gasteiger partial charge in [0.15, 0.2) is 5.83 Å². The molecule has 11 heteroatoms. The van der Waals surface area contributed by atoms with Gasteiger partial charge in [-0.3, -0.25) is 4.79 Å². The summed E-state index contributed by atoms with van der Waals surface area (Å²) in [7, 11) is 4.16. The minimum atomic E-state index is -1.06. The van der Waals surface area contributed by atoms with E-state index in [1.807, 2.05) is 23.1 Å². The molecule has 234 valence electrons. The van der Waals surface area contributed by atoms with Crippen LogP contribution in [0.15, 0.2) is 60.7 Å². The highest BCUT2D eigenvalue weighted by Crippen LogP contribution is 2.49. The largest absolute Gasteiger partial charge is 0.463 e. The van der Waals surface area contributed by atoms with Crippen LogP contribution in [0.4, 0.5) is 15.9 Å². The summed E-state index contributed by atoms with van der Waals surface area (Å²) in [6, 6.07) is 14.5. The fourth-order valence-corrected chi connectivity index (χ4v) is 6.47. The summed E-state index contributed by atoms with van der Waals surface area (Å²) in [4.78, 5) is 30.1. The molecule has 1 saturated carbocycles. The molecule has 1 aliphatic carbocycles. The molecule has 0 spiro atoms. The summed E-state index contributed by atoms with van der Waals surface area (Å²) in [5.74, 6) is -1.20. The smallest absolute Gasteiger partial charge is 0.318 e. The van der Waals surface area contributed by atoms with E-state index >= 15 is 0 Å². The first-order valence-corrected chi connectivity index (χ1v) is 15.7. The van der Waals surface area contributed by atoms with Crippen molar-refractivity contribution in [3.63, 3.8) is 0 Å². The van der Waals surface area contributed by atoms with Crippen LogP contribution in [0.1, 0.15) is 36.9 Å². The number of ether oxygens (including phenoxy) is 1. The first-order chi connectivity index (χ1) is 21.7. The zero-order chi connectivity index (χ0) is 31.7. The molecule has 0 radical (unpaired) electrons. The highest BCUT2D eigenvalue weighted by Gasteiger charge is 2.43. The zero-order valence-corrected chi connectivity index (χ0v) is 26.5. The highest BCUT2D eigenvalue weighted by atomic mass is 35.5. The van der Waals surface area contributed by atoms with Crippen LogP contribution in [0, 0.1) is 16.7 Å². The second-order valence-electron chi connectivity index (χ2n) is 12.4. The third-order valence-electron chi connectivity index (χ3n) is 8.97. The van der Waals surface area contributed by atoms with Crippen molar-refractivity contribution in [2.24, 2.45) is 5.41 Å². The third kappa shape index (κ3) is 6.46. The zero-order valence-electron chi connectivity index (χ0n) is 25.7. The maximum absolute atomic E-state index is 13.8. The lowest BCUT2D eigenvalue weighted by Crippen LogP contribution is -2.43. The normalized spacial score (nSPS) is 17.2. The van der Waals surface area contributed by atoms with Gasteiger partial charge in [-0.25, -0.2) is 4.39 Å². The Labute approximate surface area is 268 Å². The van der Waals surface area contributed by atoms with Gasteiger partial charge in [0.2, 0.25) is 0 Å². The Bertz CT molecular complexity index is 1710. The lowest BCUT2D eigenvalue weighted by Gasteiger charge is -2.37. The predicted molar refractivity (Wildman–Crippen MR) is 174 cm³/mol. The van der Waals surface area contributed by atoms with Crippen LogP contribution in [0.2, 0.25) is 5.02 Å². The molecule has 1 amide bonds. The van der Waals surface area contributed by atoms with E-state index in [1.165, 1.54) is 4.90 Å². The lowest BCUT2D eigenvalue weighted by molar-refractivity contribution is -0.126. The number of nitriles is 1. The Morgan fingerprint density at radius 1 is 1.18 bits per heavy atom. The Balaban J connectivity index is 1.36. The van der Waals surface area contributed by atoms with Crippen LogP contribution in [0.3, 0.4) is 0 Å². The number of carbonyl (C=O) groups excluding carboxylic acids is 1. The molecule has 3 aliphatic rings. The van der Waals surface area contributed by atoms with Crippen LogP contribution < -0.4 is 14.5 Å². The van der Waals surface area contributed by atoms with Gasteiger partial charge in [0.1, 0.15) is 5.82 Å². The maximum Gasteiger partial charge on any atom is 0.318 e. The van der Waals surface area contributed by atoms with Gasteiger partial charge in [0, 0.05) is 47.9 Å². The average Bonchev–Trinajstić information content (AvgIpc) is 3.82. The van der Waals surface area contributed by atoms with Gasteiger partial charge in [-0.05, 0) is 63.8 Å². The van der Waals surface area contributed by atoms with E-state index in [0.717, 1.165) is 60.1 Å². The summed E-state index contributed by atoms with van der Waals surface area (Å²) in [6.45, 7) is 6.50. The molecule has 6 rings (SSSR count). The first kappa shape index (κ1) is 30.8. The molecule has 9 nitrogen and oxygen atoms in total. The summed E-state index contributed by atoms with van der Waals surface area (Å²) in [5, 5.41) is 12.3. The number of aromatic nitrogens is 2. The molecule has 1 aromatic heterocycles. The van der Waals surface area contributed by atoms with Gasteiger partial charge in [-0.15, -0.1) is 0 Å². The molecule has 0 saturated heterocycles. The lowest BCUT2D eigenvalue weighted by atomic mass is 10.0. The number of nitrogens with zero attached hydrogens (tertiary/aromatic N) is 7. The topological polar surface area (TPSA) is 88.8 Å². The third-order valence-corrected chi connectivity index (χ3v) is 9.29.